The fourth-order valence-corrected chi connectivity index (χ4v) is 2.50. The van der Waals surface area contributed by atoms with Gasteiger partial charge in [0.2, 0.25) is 0 Å². The first-order valence-electron chi connectivity index (χ1n) is 7.41. The van der Waals surface area contributed by atoms with Crippen LogP contribution in [-0.2, 0) is 4.74 Å². The van der Waals surface area contributed by atoms with Gasteiger partial charge in [-0.05, 0) is 44.5 Å². The summed E-state index contributed by atoms with van der Waals surface area (Å²) in [5, 5.41) is 3.56. The van der Waals surface area contributed by atoms with Crippen molar-refractivity contribution in [3.63, 3.8) is 0 Å². The Balaban J connectivity index is 2.83. The molecule has 4 heteroatoms. The minimum atomic E-state index is 0.354. The molecular formula is C16H27BrN2O. The highest BCUT2D eigenvalue weighted by molar-refractivity contribution is 9.10. The zero-order chi connectivity index (χ0) is 15.0. The number of nitrogens with zero attached hydrogens (tertiary/aromatic N) is 1. The Morgan fingerprint density at radius 1 is 1.35 bits per heavy atom. The van der Waals surface area contributed by atoms with Crippen molar-refractivity contribution in [2.24, 2.45) is 0 Å². The molecule has 20 heavy (non-hydrogen) atoms. The lowest BCUT2D eigenvalue weighted by molar-refractivity contribution is 0.154. The average Bonchev–Trinajstić information content (AvgIpc) is 2.44. The Kier molecular flexibility index (Phi) is 8.19. The molecule has 0 aromatic heterocycles. The largest absolute Gasteiger partial charge is 0.380 e. The van der Waals surface area contributed by atoms with Gasteiger partial charge in [0.15, 0.2) is 0 Å². The number of hydrogen-bond donors (Lipinski definition) is 1. The number of nitrogens with one attached hydrogen (secondary N) is 1. The molecule has 3 nitrogen and oxygen atoms in total. The molecule has 1 rings (SSSR count). The fourth-order valence-electron chi connectivity index (χ4n) is 2.15. The van der Waals surface area contributed by atoms with Crippen molar-refractivity contribution in [2.75, 3.05) is 38.3 Å². The Morgan fingerprint density at radius 2 is 2.10 bits per heavy atom. The van der Waals surface area contributed by atoms with E-state index in [4.69, 9.17) is 4.74 Å². The first-order chi connectivity index (χ1) is 9.60. The molecule has 1 unspecified atom stereocenters. The molecule has 114 valence electrons. The van der Waals surface area contributed by atoms with Gasteiger partial charge in [0, 0.05) is 36.4 Å². The third kappa shape index (κ3) is 5.43. The lowest BCUT2D eigenvalue weighted by Gasteiger charge is -2.26. The van der Waals surface area contributed by atoms with Crippen LogP contribution in [-0.4, -0.2) is 33.4 Å². The van der Waals surface area contributed by atoms with Crippen LogP contribution in [0.1, 0.15) is 38.8 Å². The first-order valence-corrected chi connectivity index (χ1v) is 8.21. The van der Waals surface area contributed by atoms with Crippen LogP contribution in [0.5, 0.6) is 0 Å². The summed E-state index contributed by atoms with van der Waals surface area (Å²) in [5.74, 6) is 0. The number of rotatable bonds is 9. The van der Waals surface area contributed by atoms with Crippen LogP contribution in [0.15, 0.2) is 22.7 Å². The highest BCUT2D eigenvalue weighted by Gasteiger charge is 2.13. The second-order valence-electron chi connectivity index (χ2n) is 5.00. The number of ether oxygens (including phenoxy) is 1. The van der Waals surface area contributed by atoms with Crippen molar-refractivity contribution in [1.82, 2.24) is 5.32 Å². The van der Waals surface area contributed by atoms with E-state index >= 15 is 0 Å². The van der Waals surface area contributed by atoms with E-state index in [1.807, 2.05) is 6.92 Å². The summed E-state index contributed by atoms with van der Waals surface area (Å²) in [7, 11) is 2.12. The number of hydrogen-bond acceptors (Lipinski definition) is 3. The van der Waals surface area contributed by atoms with E-state index in [0.29, 0.717) is 6.04 Å². The van der Waals surface area contributed by atoms with Gasteiger partial charge in [-0.15, -0.1) is 0 Å². The quantitative estimate of drug-likeness (QED) is 0.687. The second-order valence-corrected chi connectivity index (χ2v) is 5.91. The van der Waals surface area contributed by atoms with Crippen LogP contribution in [0.4, 0.5) is 5.69 Å². The van der Waals surface area contributed by atoms with Crippen LogP contribution in [0, 0.1) is 0 Å². The van der Waals surface area contributed by atoms with Crippen LogP contribution < -0.4 is 10.2 Å². The summed E-state index contributed by atoms with van der Waals surface area (Å²) >= 11 is 3.57. The predicted molar refractivity (Wildman–Crippen MR) is 90.6 cm³/mol. The third-order valence-electron chi connectivity index (χ3n) is 3.35. The molecule has 1 N–H and O–H groups in total. The normalized spacial score (nSPS) is 12.4. The summed E-state index contributed by atoms with van der Waals surface area (Å²) in [5.41, 5.74) is 2.59. The van der Waals surface area contributed by atoms with Crippen molar-refractivity contribution < 1.29 is 4.74 Å². The molecule has 0 aliphatic heterocycles. The molecule has 1 aromatic carbocycles. The maximum absolute atomic E-state index is 5.45. The standard InChI is InChI=1S/C16H27BrN2O/c1-5-9-18-13(3)15-8-7-14(17)12-16(15)19(4)10-11-20-6-2/h7-8,12-13,18H,5-6,9-11H2,1-4H3. The van der Waals surface area contributed by atoms with E-state index in [9.17, 15) is 0 Å². The molecule has 0 spiro atoms. The van der Waals surface area contributed by atoms with Crippen molar-refractivity contribution in [1.29, 1.82) is 0 Å². The second kappa shape index (κ2) is 9.37. The lowest BCUT2D eigenvalue weighted by Crippen LogP contribution is -2.26. The minimum Gasteiger partial charge on any atom is -0.380 e. The first kappa shape index (κ1) is 17.5. The Hall–Kier alpha value is -0.580. The van der Waals surface area contributed by atoms with Gasteiger partial charge in [0.25, 0.3) is 0 Å². The molecular weight excluding hydrogens is 316 g/mol. The summed E-state index contributed by atoms with van der Waals surface area (Å²) < 4.78 is 6.57. The molecule has 0 bridgehead atoms. The molecule has 0 aliphatic carbocycles. The number of benzene rings is 1. The maximum atomic E-state index is 5.45. The van der Waals surface area contributed by atoms with Gasteiger partial charge in [-0.3, -0.25) is 0 Å². The molecule has 0 fully saturated rings. The topological polar surface area (TPSA) is 24.5 Å². The third-order valence-corrected chi connectivity index (χ3v) is 3.84. The molecule has 1 atom stereocenters. The molecule has 0 heterocycles. The fraction of sp³-hybridized carbons (Fsp3) is 0.625. The lowest BCUT2D eigenvalue weighted by atomic mass is 10.1. The summed E-state index contributed by atoms with van der Waals surface area (Å²) in [6.45, 7) is 9.91. The van der Waals surface area contributed by atoms with Gasteiger partial charge in [0.05, 0.1) is 6.61 Å². The maximum Gasteiger partial charge on any atom is 0.0641 e. The van der Waals surface area contributed by atoms with Gasteiger partial charge in [-0.1, -0.05) is 28.9 Å². The van der Waals surface area contributed by atoms with Crippen molar-refractivity contribution >= 4 is 21.6 Å². The van der Waals surface area contributed by atoms with E-state index < -0.39 is 0 Å². The van der Waals surface area contributed by atoms with Crippen LogP contribution in [0.2, 0.25) is 0 Å². The molecule has 0 saturated carbocycles. The predicted octanol–water partition coefficient (Wildman–Crippen LogP) is 3.98. The van der Waals surface area contributed by atoms with Crippen molar-refractivity contribution in [3.8, 4) is 0 Å². The minimum absolute atomic E-state index is 0.354. The van der Waals surface area contributed by atoms with Gasteiger partial charge in [0.1, 0.15) is 0 Å². The molecule has 0 aliphatic rings. The average molecular weight is 343 g/mol. The van der Waals surface area contributed by atoms with Gasteiger partial charge in [-0.25, -0.2) is 0 Å². The molecule has 1 aromatic rings. The van der Waals surface area contributed by atoms with Gasteiger partial charge < -0.3 is 15.0 Å². The van der Waals surface area contributed by atoms with Gasteiger partial charge >= 0.3 is 0 Å². The van der Waals surface area contributed by atoms with Crippen LogP contribution >= 0.6 is 15.9 Å². The van der Waals surface area contributed by atoms with Crippen molar-refractivity contribution in [2.45, 2.75) is 33.2 Å². The summed E-state index contributed by atoms with van der Waals surface area (Å²) in [6.07, 6.45) is 1.15. The van der Waals surface area contributed by atoms with Crippen molar-refractivity contribution in [3.05, 3.63) is 28.2 Å². The Bertz CT molecular complexity index is 398. The monoisotopic (exact) mass is 342 g/mol. The number of halogens is 1. The van der Waals surface area contributed by atoms with Crippen LogP contribution in [0.3, 0.4) is 0 Å². The molecule has 0 radical (unpaired) electrons. The van der Waals surface area contributed by atoms with E-state index in [2.05, 4.69) is 65.2 Å². The highest BCUT2D eigenvalue weighted by Crippen LogP contribution is 2.29. The zero-order valence-electron chi connectivity index (χ0n) is 13.1. The molecule has 0 amide bonds. The summed E-state index contributed by atoms with van der Waals surface area (Å²) in [4.78, 5) is 2.26. The highest BCUT2D eigenvalue weighted by atomic mass is 79.9. The number of anilines is 1. The Labute approximate surface area is 131 Å². The Morgan fingerprint density at radius 3 is 2.75 bits per heavy atom. The SMILES string of the molecule is CCCNC(C)c1ccc(Br)cc1N(C)CCOCC. The van der Waals surface area contributed by atoms with E-state index in [1.165, 1.54) is 11.3 Å². The zero-order valence-corrected chi connectivity index (χ0v) is 14.7. The summed E-state index contributed by atoms with van der Waals surface area (Å²) in [6, 6.07) is 6.85. The van der Waals surface area contributed by atoms with E-state index in [-0.39, 0.29) is 0 Å². The molecule has 0 saturated heterocycles. The van der Waals surface area contributed by atoms with E-state index in [0.717, 1.165) is 37.2 Å². The smallest absolute Gasteiger partial charge is 0.0641 e. The number of likely N-dealkylation sites (N-methyl/N-ethyl adjacent to an activating group) is 1. The van der Waals surface area contributed by atoms with Gasteiger partial charge in [-0.2, -0.15) is 0 Å². The van der Waals surface area contributed by atoms with E-state index in [1.54, 1.807) is 0 Å². The van der Waals surface area contributed by atoms with Crippen LogP contribution in [0.25, 0.3) is 0 Å².